The molecule has 3 aromatic carbocycles. The van der Waals surface area contributed by atoms with Gasteiger partial charge in [0, 0.05) is 17.3 Å². The number of hydrogen-bond acceptors (Lipinski definition) is 2. The van der Waals surface area contributed by atoms with Crippen LogP contribution in [0.1, 0.15) is 54.4 Å². The maximum atomic E-state index is 6.64. The van der Waals surface area contributed by atoms with Crippen molar-refractivity contribution in [1.29, 1.82) is 0 Å². The molecule has 4 heteroatoms. The fraction of sp³-hybridized carbons (Fsp3) is 0.355. The number of hydrogen-bond donors (Lipinski definition) is 0. The Kier molecular flexibility index (Phi) is 5.93. The Balaban J connectivity index is 1.42. The molecule has 1 aliphatic rings. The fourth-order valence-electron chi connectivity index (χ4n) is 4.90. The minimum Gasteiger partial charge on any atom is -0.399 e. The molecule has 180 valence electrons. The quantitative estimate of drug-likeness (QED) is 0.287. The molecule has 1 saturated heterocycles. The van der Waals surface area contributed by atoms with Crippen molar-refractivity contribution in [3.05, 3.63) is 85.1 Å². The minimum atomic E-state index is -0.374. The Bertz CT molecular complexity index is 1340. The van der Waals surface area contributed by atoms with Crippen molar-refractivity contribution in [2.75, 3.05) is 0 Å². The Hall–Kier alpha value is -2.82. The van der Waals surface area contributed by atoms with E-state index in [9.17, 15) is 0 Å². The van der Waals surface area contributed by atoms with Gasteiger partial charge in [0.25, 0.3) is 0 Å². The SMILES string of the molecule is CC(C)(C)CCC1(C)OB(c2cccc(-n3ccc4cc(-c5ccccc5)ccc43)c2)OC1(C)C. The van der Waals surface area contributed by atoms with Gasteiger partial charge in [-0.3, -0.25) is 0 Å². The van der Waals surface area contributed by atoms with Gasteiger partial charge in [0.15, 0.2) is 0 Å². The highest BCUT2D eigenvalue weighted by atomic mass is 16.7. The summed E-state index contributed by atoms with van der Waals surface area (Å²) in [5, 5.41) is 1.22. The number of fused-ring (bicyclic) bond motifs is 1. The van der Waals surface area contributed by atoms with Crippen molar-refractivity contribution in [3.8, 4) is 16.8 Å². The zero-order valence-corrected chi connectivity index (χ0v) is 21.8. The van der Waals surface area contributed by atoms with Crippen molar-refractivity contribution in [2.45, 2.75) is 65.6 Å². The summed E-state index contributed by atoms with van der Waals surface area (Å²) in [4.78, 5) is 0. The molecule has 0 radical (unpaired) electrons. The van der Waals surface area contributed by atoms with E-state index in [1.54, 1.807) is 0 Å². The average molecular weight is 465 g/mol. The normalized spacial score (nSPS) is 20.0. The summed E-state index contributed by atoms with van der Waals surface area (Å²) in [6, 6.07) is 27.9. The second kappa shape index (κ2) is 8.69. The van der Waals surface area contributed by atoms with Crippen LogP contribution >= 0.6 is 0 Å². The van der Waals surface area contributed by atoms with E-state index in [1.165, 1.54) is 22.0 Å². The summed E-state index contributed by atoms with van der Waals surface area (Å²) in [7, 11) is -0.374. The number of rotatable bonds is 5. The summed E-state index contributed by atoms with van der Waals surface area (Å²) < 4.78 is 15.4. The van der Waals surface area contributed by atoms with Gasteiger partial charge in [0.2, 0.25) is 0 Å². The lowest BCUT2D eigenvalue weighted by molar-refractivity contribution is -0.0223. The van der Waals surface area contributed by atoms with Gasteiger partial charge in [0.05, 0.1) is 16.7 Å². The smallest absolute Gasteiger partial charge is 0.399 e. The molecular weight excluding hydrogens is 429 g/mol. The van der Waals surface area contributed by atoms with E-state index in [-0.39, 0.29) is 23.7 Å². The molecular formula is C31H36BNO2. The van der Waals surface area contributed by atoms with E-state index in [0.29, 0.717) is 0 Å². The molecule has 1 unspecified atom stereocenters. The second-order valence-corrected chi connectivity index (χ2v) is 11.8. The molecule has 0 spiro atoms. The van der Waals surface area contributed by atoms with Crippen LogP contribution < -0.4 is 5.46 Å². The van der Waals surface area contributed by atoms with Crippen LogP contribution in [0.2, 0.25) is 0 Å². The zero-order chi connectivity index (χ0) is 24.8. The van der Waals surface area contributed by atoms with Crippen molar-refractivity contribution in [3.63, 3.8) is 0 Å². The lowest BCUT2D eigenvalue weighted by atomic mass is 9.78. The van der Waals surface area contributed by atoms with Gasteiger partial charge in [-0.05, 0) is 85.9 Å². The molecule has 0 aliphatic carbocycles. The van der Waals surface area contributed by atoms with Crippen LogP contribution in [0.25, 0.3) is 27.7 Å². The monoisotopic (exact) mass is 465 g/mol. The highest BCUT2D eigenvalue weighted by Gasteiger charge is 2.54. The molecule has 35 heavy (non-hydrogen) atoms. The summed E-state index contributed by atoms with van der Waals surface area (Å²) in [6.07, 6.45) is 4.20. The summed E-state index contributed by atoms with van der Waals surface area (Å²) in [6.45, 7) is 13.4. The zero-order valence-electron chi connectivity index (χ0n) is 21.8. The van der Waals surface area contributed by atoms with E-state index < -0.39 is 0 Å². The van der Waals surface area contributed by atoms with Gasteiger partial charge < -0.3 is 13.9 Å². The van der Waals surface area contributed by atoms with E-state index in [0.717, 1.165) is 24.0 Å². The Morgan fingerprint density at radius 1 is 0.800 bits per heavy atom. The van der Waals surface area contributed by atoms with Crippen LogP contribution in [-0.2, 0) is 9.31 Å². The summed E-state index contributed by atoms with van der Waals surface area (Å²) >= 11 is 0. The molecule has 1 aliphatic heterocycles. The largest absolute Gasteiger partial charge is 0.494 e. The van der Waals surface area contributed by atoms with Gasteiger partial charge in [-0.25, -0.2) is 0 Å². The van der Waals surface area contributed by atoms with Crippen LogP contribution in [0.4, 0.5) is 0 Å². The lowest BCUT2D eigenvalue weighted by Gasteiger charge is -2.38. The molecule has 1 atom stereocenters. The van der Waals surface area contributed by atoms with E-state index in [1.807, 2.05) is 0 Å². The molecule has 0 amide bonds. The third kappa shape index (κ3) is 4.70. The van der Waals surface area contributed by atoms with Crippen molar-refractivity contribution >= 4 is 23.5 Å². The number of benzene rings is 3. The molecule has 2 heterocycles. The third-order valence-corrected chi connectivity index (χ3v) is 7.61. The van der Waals surface area contributed by atoms with Crippen molar-refractivity contribution < 1.29 is 9.31 Å². The van der Waals surface area contributed by atoms with Crippen LogP contribution in [0.15, 0.2) is 85.1 Å². The molecule has 0 N–H and O–H groups in total. The molecule has 1 fully saturated rings. The molecule has 5 rings (SSSR count). The van der Waals surface area contributed by atoms with E-state index in [4.69, 9.17) is 9.31 Å². The molecule has 0 saturated carbocycles. The Morgan fingerprint density at radius 2 is 1.57 bits per heavy atom. The topological polar surface area (TPSA) is 23.4 Å². The third-order valence-electron chi connectivity index (χ3n) is 7.61. The number of nitrogens with zero attached hydrogens (tertiary/aromatic N) is 1. The van der Waals surface area contributed by atoms with Crippen LogP contribution in [-0.4, -0.2) is 22.9 Å². The number of aromatic nitrogens is 1. The predicted octanol–water partition coefficient (Wildman–Crippen LogP) is 7.40. The van der Waals surface area contributed by atoms with E-state index in [2.05, 4.69) is 131 Å². The Labute approximate surface area is 210 Å². The molecule has 1 aromatic heterocycles. The summed E-state index contributed by atoms with van der Waals surface area (Å²) in [5.41, 5.74) is 5.37. The Morgan fingerprint density at radius 3 is 2.31 bits per heavy atom. The van der Waals surface area contributed by atoms with Crippen LogP contribution in [0.5, 0.6) is 0 Å². The van der Waals surface area contributed by atoms with Crippen LogP contribution in [0.3, 0.4) is 0 Å². The minimum absolute atomic E-state index is 0.260. The standard InChI is InChI=1S/C31H36BNO2/c1-29(2,3)18-19-31(6)30(4,5)34-32(35-31)26-13-10-14-27(22-26)33-20-17-25-21-24(15-16-28(25)33)23-11-8-7-9-12-23/h7-17,20-22H,18-19H2,1-6H3. The van der Waals surface area contributed by atoms with Gasteiger partial charge in [0.1, 0.15) is 0 Å². The van der Waals surface area contributed by atoms with Gasteiger partial charge >= 0.3 is 7.12 Å². The maximum absolute atomic E-state index is 6.64. The first-order valence-corrected chi connectivity index (χ1v) is 12.7. The molecule has 0 bridgehead atoms. The first-order valence-electron chi connectivity index (χ1n) is 12.7. The summed E-state index contributed by atoms with van der Waals surface area (Å²) in [5.74, 6) is 0. The maximum Gasteiger partial charge on any atom is 0.494 e. The van der Waals surface area contributed by atoms with Crippen molar-refractivity contribution in [2.24, 2.45) is 5.41 Å². The van der Waals surface area contributed by atoms with Crippen molar-refractivity contribution in [1.82, 2.24) is 4.57 Å². The average Bonchev–Trinajstić information content (AvgIpc) is 3.36. The fourth-order valence-corrected chi connectivity index (χ4v) is 4.90. The highest BCUT2D eigenvalue weighted by Crippen LogP contribution is 2.42. The van der Waals surface area contributed by atoms with Gasteiger partial charge in [-0.2, -0.15) is 0 Å². The molecule has 3 nitrogen and oxygen atoms in total. The van der Waals surface area contributed by atoms with Crippen LogP contribution in [0, 0.1) is 5.41 Å². The first-order chi connectivity index (χ1) is 16.5. The molecule has 4 aromatic rings. The van der Waals surface area contributed by atoms with E-state index >= 15 is 0 Å². The highest BCUT2D eigenvalue weighted by molar-refractivity contribution is 6.62. The van der Waals surface area contributed by atoms with Gasteiger partial charge in [-0.15, -0.1) is 0 Å². The predicted molar refractivity (Wildman–Crippen MR) is 147 cm³/mol. The first kappa shape index (κ1) is 23.9. The van der Waals surface area contributed by atoms with Gasteiger partial charge in [-0.1, -0.05) is 69.3 Å². The lowest BCUT2D eigenvalue weighted by Crippen LogP contribution is -2.45. The second-order valence-electron chi connectivity index (χ2n) is 11.8.